The Balaban J connectivity index is 2.95. The number of anilines is 1. The molecule has 5 nitrogen and oxygen atoms in total. The number of nitrogens with zero attached hydrogens (tertiary/aromatic N) is 3. The number of aromatic nitrogens is 2. The fraction of sp³-hybridized carbons (Fsp3) is 0.500. The molecule has 0 aliphatic rings. The molecule has 8 heteroatoms. The van der Waals surface area contributed by atoms with Crippen LogP contribution in [0.3, 0.4) is 0 Å². The molecule has 1 heterocycles. The van der Waals surface area contributed by atoms with Crippen molar-refractivity contribution in [1.82, 2.24) is 14.7 Å². The molecular formula is C8H11F3N4O. The predicted octanol–water partition coefficient (Wildman–Crippen LogP) is 0.729. The minimum atomic E-state index is -4.39. The van der Waals surface area contributed by atoms with E-state index in [0.29, 0.717) is 4.68 Å². The standard InChI is InChI=1S/C8H11F3N4O/c1-14(2)7(16)5-3-15(13-6(5)12)4-8(9,10)11/h3H,4H2,1-2H3,(H2,12,13). The van der Waals surface area contributed by atoms with Gasteiger partial charge >= 0.3 is 6.18 Å². The number of carbonyl (C=O) groups is 1. The van der Waals surface area contributed by atoms with Crippen LogP contribution in [0.1, 0.15) is 10.4 Å². The number of nitrogen functional groups attached to an aromatic ring is 1. The van der Waals surface area contributed by atoms with Crippen LogP contribution < -0.4 is 5.73 Å². The fourth-order valence-corrected chi connectivity index (χ4v) is 1.11. The van der Waals surface area contributed by atoms with Crippen LogP contribution in [0.2, 0.25) is 0 Å². The van der Waals surface area contributed by atoms with Gasteiger partial charge in [-0.05, 0) is 0 Å². The minimum absolute atomic E-state index is 0.0331. The van der Waals surface area contributed by atoms with Crippen LogP contribution in [0, 0.1) is 0 Å². The fourth-order valence-electron chi connectivity index (χ4n) is 1.11. The lowest BCUT2D eigenvalue weighted by molar-refractivity contribution is -0.142. The van der Waals surface area contributed by atoms with Crippen LogP contribution in [-0.2, 0) is 6.54 Å². The monoisotopic (exact) mass is 236 g/mol. The molecule has 0 fully saturated rings. The Morgan fingerprint density at radius 3 is 2.56 bits per heavy atom. The highest BCUT2D eigenvalue weighted by Crippen LogP contribution is 2.19. The van der Waals surface area contributed by atoms with Crippen molar-refractivity contribution in [2.24, 2.45) is 0 Å². The first kappa shape index (κ1) is 12.3. The first-order valence-corrected chi connectivity index (χ1v) is 4.32. The van der Waals surface area contributed by atoms with Gasteiger partial charge in [0, 0.05) is 20.3 Å². The van der Waals surface area contributed by atoms with E-state index < -0.39 is 18.6 Å². The number of hydrogen-bond donors (Lipinski definition) is 1. The van der Waals surface area contributed by atoms with E-state index in [1.54, 1.807) is 0 Å². The second-order valence-electron chi connectivity index (χ2n) is 3.44. The molecule has 1 aromatic rings. The second-order valence-corrected chi connectivity index (χ2v) is 3.44. The summed E-state index contributed by atoms with van der Waals surface area (Å²) in [5.74, 6) is -0.686. The molecule has 0 spiro atoms. The van der Waals surface area contributed by atoms with E-state index in [2.05, 4.69) is 5.10 Å². The molecule has 0 unspecified atom stereocenters. The van der Waals surface area contributed by atoms with Crippen LogP contribution >= 0.6 is 0 Å². The van der Waals surface area contributed by atoms with Crippen molar-refractivity contribution in [3.63, 3.8) is 0 Å². The molecule has 90 valence electrons. The van der Waals surface area contributed by atoms with Gasteiger partial charge in [0.15, 0.2) is 5.82 Å². The number of alkyl halides is 3. The van der Waals surface area contributed by atoms with Gasteiger partial charge in [0.1, 0.15) is 12.1 Å². The van der Waals surface area contributed by atoms with E-state index in [9.17, 15) is 18.0 Å². The highest BCUT2D eigenvalue weighted by atomic mass is 19.4. The molecule has 16 heavy (non-hydrogen) atoms. The summed E-state index contributed by atoms with van der Waals surface area (Å²) in [5.41, 5.74) is 5.32. The van der Waals surface area contributed by atoms with E-state index in [1.165, 1.54) is 19.0 Å². The maximum atomic E-state index is 12.0. The highest BCUT2D eigenvalue weighted by molar-refractivity contribution is 5.97. The van der Waals surface area contributed by atoms with Crippen LogP contribution in [0.15, 0.2) is 6.20 Å². The maximum Gasteiger partial charge on any atom is 0.408 e. The van der Waals surface area contributed by atoms with Crippen molar-refractivity contribution in [2.75, 3.05) is 19.8 Å². The van der Waals surface area contributed by atoms with Gasteiger partial charge in [-0.3, -0.25) is 9.48 Å². The zero-order valence-corrected chi connectivity index (χ0v) is 8.75. The number of nitrogens with two attached hydrogens (primary N) is 1. The van der Waals surface area contributed by atoms with Gasteiger partial charge in [0.05, 0.1) is 0 Å². The largest absolute Gasteiger partial charge is 0.408 e. The molecule has 1 aromatic heterocycles. The third kappa shape index (κ3) is 2.88. The van der Waals surface area contributed by atoms with Crippen LogP contribution in [-0.4, -0.2) is 40.9 Å². The SMILES string of the molecule is CN(C)C(=O)c1cn(CC(F)(F)F)nc1N. The van der Waals surface area contributed by atoms with Gasteiger partial charge < -0.3 is 10.6 Å². The number of rotatable bonds is 2. The summed E-state index contributed by atoms with van der Waals surface area (Å²) in [6.45, 7) is -1.27. The molecule has 0 saturated heterocycles. The molecular weight excluding hydrogens is 225 g/mol. The summed E-state index contributed by atoms with van der Waals surface area (Å²) >= 11 is 0. The Bertz CT molecular complexity index is 396. The smallest absolute Gasteiger partial charge is 0.382 e. The number of carbonyl (C=O) groups excluding carboxylic acids is 1. The van der Waals surface area contributed by atoms with E-state index >= 15 is 0 Å². The van der Waals surface area contributed by atoms with E-state index in [1.807, 2.05) is 0 Å². The molecule has 1 amide bonds. The molecule has 0 aromatic carbocycles. The Hall–Kier alpha value is -1.73. The number of hydrogen-bond acceptors (Lipinski definition) is 3. The predicted molar refractivity (Wildman–Crippen MR) is 50.7 cm³/mol. The molecule has 0 radical (unpaired) electrons. The summed E-state index contributed by atoms with van der Waals surface area (Å²) in [6.07, 6.45) is -3.40. The van der Waals surface area contributed by atoms with E-state index in [4.69, 9.17) is 5.73 Å². The van der Waals surface area contributed by atoms with E-state index in [-0.39, 0.29) is 11.4 Å². The second kappa shape index (κ2) is 4.03. The van der Waals surface area contributed by atoms with Crippen molar-refractivity contribution < 1.29 is 18.0 Å². The van der Waals surface area contributed by atoms with Crippen molar-refractivity contribution in [3.05, 3.63) is 11.8 Å². The zero-order valence-electron chi connectivity index (χ0n) is 8.75. The first-order valence-electron chi connectivity index (χ1n) is 4.32. The lowest BCUT2D eigenvalue weighted by Gasteiger charge is -2.08. The van der Waals surface area contributed by atoms with Crippen LogP contribution in [0.4, 0.5) is 19.0 Å². The van der Waals surface area contributed by atoms with Gasteiger partial charge in [-0.2, -0.15) is 18.3 Å². The third-order valence-corrected chi connectivity index (χ3v) is 1.77. The van der Waals surface area contributed by atoms with Gasteiger partial charge in [-0.15, -0.1) is 0 Å². The number of amides is 1. The molecule has 1 rings (SSSR count). The van der Waals surface area contributed by atoms with Gasteiger partial charge in [0.25, 0.3) is 5.91 Å². The summed E-state index contributed by atoms with van der Waals surface area (Å²) in [7, 11) is 2.95. The average molecular weight is 236 g/mol. The summed E-state index contributed by atoms with van der Waals surface area (Å²) in [6, 6.07) is 0. The number of halogens is 3. The van der Waals surface area contributed by atoms with Crippen LogP contribution in [0.25, 0.3) is 0 Å². The topological polar surface area (TPSA) is 64.2 Å². The third-order valence-electron chi connectivity index (χ3n) is 1.77. The lowest BCUT2D eigenvalue weighted by Crippen LogP contribution is -2.22. The maximum absolute atomic E-state index is 12.0. The van der Waals surface area contributed by atoms with Crippen molar-refractivity contribution in [2.45, 2.75) is 12.7 Å². The minimum Gasteiger partial charge on any atom is -0.382 e. The zero-order chi connectivity index (χ0) is 12.5. The highest BCUT2D eigenvalue weighted by Gasteiger charge is 2.29. The molecule has 0 aliphatic heterocycles. The van der Waals surface area contributed by atoms with Crippen molar-refractivity contribution in [3.8, 4) is 0 Å². The van der Waals surface area contributed by atoms with Gasteiger partial charge in [0.2, 0.25) is 0 Å². The van der Waals surface area contributed by atoms with Crippen LogP contribution in [0.5, 0.6) is 0 Å². The Morgan fingerprint density at radius 2 is 2.12 bits per heavy atom. The molecule has 2 N–H and O–H groups in total. The lowest BCUT2D eigenvalue weighted by atomic mass is 10.3. The Kier molecular flexibility index (Phi) is 3.11. The molecule has 0 atom stereocenters. The van der Waals surface area contributed by atoms with Gasteiger partial charge in [-0.1, -0.05) is 0 Å². The van der Waals surface area contributed by atoms with Crippen molar-refractivity contribution in [1.29, 1.82) is 0 Å². The molecule has 0 bridgehead atoms. The summed E-state index contributed by atoms with van der Waals surface area (Å²) < 4.78 is 36.7. The average Bonchev–Trinajstić information content (AvgIpc) is 2.41. The quantitative estimate of drug-likeness (QED) is 0.823. The van der Waals surface area contributed by atoms with Crippen molar-refractivity contribution >= 4 is 11.7 Å². The summed E-state index contributed by atoms with van der Waals surface area (Å²) in [5, 5.41) is 3.43. The Labute approximate surface area is 89.6 Å². The first-order chi connectivity index (χ1) is 7.20. The Morgan fingerprint density at radius 1 is 1.56 bits per heavy atom. The normalized spacial score (nSPS) is 11.6. The van der Waals surface area contributed by atoms with E-state index in [0.717, 1.165) is 6.20 Å². The van der Waals surface area contributed by atoms with Gasteiger partial charge in [-0.25, -0.2) is 0 Å². The molecule has 0 saturated carbocycles. The summed E-state index contributed by atoms with van der Waals surface area (Å²) in [4.78, 5) is 12.7. The molecule has 0 aliphatic carbocycles.